The van der Waals surface area contributed by atoms with Crippen LogP contribution < -0.4 is 5.48 Å². The summed E-state index contributed by atoms with van der Waals surface area (Å²) in [5, 5.41) is 16.5. The number of carboxylic acid groups (broad SMARTS) is 2. The fourth-order valence-corrected chi connectivity index (χ4v) is 0.496. The quantitative estimate of drug-likeness (QED) is 0.453. The molecule has 0 heterocycles. The lowest BCUT2D eigenvalue weighted by Crippen LogP contribution is -2.37. The van der Waals surface area contributed by atoms with Crippen LogP contribution in [-0.4, -0.2) is 35.3 Å². The van der Waals surface area contributed by atoms with Crippen molar-refractivity contribution in [2.45, 2.75) is 12.5 Å². The summed E-state index contributed by atoms with van der Waals surface area (Å²) in [5.41, 5.74) is 2.03. The van der Waals surface area contributed by atoms with E-state index in [0.717, 1.165) is 0 Å². The molecule has 0 rings (SSSR count). The van der Waals surface area contributed by atoms with Gasteiger partial charge in [-0.3, -0.25) is 9.59 Å². The maximum atomic E-state index is 10.2. The molecule has 0 aromatic carbocycles. The summed E-state index contributed by atoms with van der Waals surface area (Å²) in [4.78, 5) is 24.5. The molecule has 0 radical (unpaired) electrons. The molecular formula is C5H9NO5. The fraction of sp³-hybridized carbons (Fsp3) is 0.600. The lowest BCUT2D eigenvalue weighted by atomic mass is 10.2. The van der Waals surface area contributed by atoms with Crippen LogP contribution in [0.2, 0.25) is 0 Å². The van der Waals surface area contributed by atoms with Gasteiger partial charge < -0.3 is 15.1 Å². The molecule has 1 atom stereocenters. The number of aliphatic carboxylic acids is 2. The van der Waals surface area contributed by atoms with Crippen LogP contribution in [0.4, 0.5) is 0 Å². The van der Waals surface area contributed by atoms with Gasteiger partial charge in [0.05, 0.1) is 13.5 Å². The van der Waals surface area contributed by atoms with Crippen LogP contribution in [0.3, 0.4) is 0 Å². The summed E-state index contributed by atoms with van der Waals surface area (Å²) in [6, 6.07) is -1.20. The number of hydroxylamine groups is 1. The molecule has 3 N–H and O–H groups in total. The standard InChI is InChI=1S/C5H9NO5/c1-11-6-3(5(9)10)2-4(7)8/h3,6H,2H2,1H3,(H,7,8)(H,9,10)/t3-/m0/s1. The van der Waals surface area contributed by atoms with Crippen molar-refractivity contribution in [2.24, 2.45) is 0 Å². The van der Waals surface area contributed by atoms with E-state index in [-0.39, 0.29) is 0 Å². The van der Waals surface area contributed by atoms with Gasteiger partial charge in [-0.2, -0.15) is 5.48 Å². The van der Waals surface area contributed by atoms with Crippen LogP contribution in [0.25, 0.3) is 0 Å². The van der Waals surface area contributed by atoms with Crippen molar-refractivity contribution in [3.63, 3.8) is 0 Å². The Morgan fingerprint density at radius 2 is 2.09 bits per heavy atom. The fourth-order valence-electron chi connectivity index (χ4n) is 0.496. The highest BCUT2D eigenvalue weighted by atomic mass is 16.6. The van der Waals surface area contributed by atoms with Crippen molar-refractivity contribution in [3.8, 4) is 0 Å². The second-order valence-corrected chi connectivity index (χ2v) is 1.81. The van der Waals surface area contributed by atoms with Gasteiger partial charge in [0.1, 0.15) is 6.04 Å². The second-order valence-electron chi connectivity index (χ2n) is 1.81. The first-order valence-electron chi connectivity index (χ1n) is 2.81. The Bertz CT molecular complexity index is 157. The lowest BCUT2D eigenvalue weighted by Gasteiger charge is -2.08. The lowest BCUT2D eigenvalue weighted by molar-refractivity contribution is -0.149. The van der Waals surface area contributed by atoms with E-state index in [0.29, 0.717) is 0 Å². The van der Waals surface area contributed by atoms with Gasteiger partial charge in [-0.15, -0.1) is 0 Å². The molecular weight excluding hydrogens is 154 g/mol. The van der Waals surface area contributed by atoms with Crippen molar-refractivity contribution in [1.82, 2.24) is 5.48 Å². The van der Waals surface area contributed by atoms with E-state index in [4.69, 9.17) is 10.2 Å². The average Bonchev–Trinajstić information content (AvgIpc) is 1.86. The minimum atomic E-state index is -1.26. The van der Waals surface area contributed by atoms with Gasteiger partial charge in [-0.25, -0.2) is 0 Å². The van der Waals surface area contributed by atoms with Crippen LogP contribution in [-0.2, 0) is 14.4 Å². The minimum Gasteiger partial charge on any atom is -0.481 e. The summed E-state index contributed by atoms with van der Waals surface area (Å²) >= 11 is 0. The van der Waals surface area contributed by atoms with Gasteiger partial charge >= 0.3 is 11.9 Å². The van der Waals surface area contributed by atoms with E-state index < -0.39 is 24.4 Å². The van der Waals surface area contributed by atoms with Crippen LogP contribution in [0.1, 0.15) is 6.42 Å². The molecule has 6 heteroatoms. The highest BCUT2D eigenvalue weighted by molar-refractivity contribution is 5.80. The average molecular weight is 163 g/mol. The normalized spacial score (nSPS) is 12.5. The Kier molecular flexibility index (Phi) is 4.16. The number of carboxylic acids is 2. The molecule has 0 aromatic rings. The third kappa shape index (κ3) is 4.29. The smallest absolute Gasteiger partial charge is 0.323 e. The van der Waals surface area contributed by atoms with Crippen molar-refractivity contribution in [2.75, 3.05) is 7.11 Å². The number of carbonyl (C=O) groups is 2. The van der Waals surface area contributed by atoms with Gasteiger partial charge in [-0.05, 0) is 0 Å². The van der Waals surface area contributed by atoms with Crippen molar-refractivity contribution >= 4 is 11.9 Å². The zero-order chi connectivity index (χ0) is 8.85. The maximum Gasteiger partial charge on any atom is 0.323 e. The number of hydrogen-bond acceptors (Lipinski definition) is 4. The van der Waals surface area contributed by atoms with Gasteiger partial charge in [0.15, 0.2) is 0 Å². The van der Waals surface area contributed by atoms with Crippen molar-refractivity contribution < 1.29 is 24.6 Å². The number of hydrogen-bond donors (Lipinski definition) is 3. The molecule has 0 amide bonds. The van der Waals surface area contributed by atoms with E-state index in [1.807, 2.05) is 5.48 Å². The van der Waals surface area contributed by atoms with Crippen LogP contribution >= 0.6 is 0 Å². The Labute approximate surface area is 62.7 Å². The Balaban J connectivity index is 3.89. The molecule has 11 heavy (non-hydrogen) atoms. The van der Waals surface area contributed by atoms with E-state index >= 15 is 0 Å². The maximum absolute atomic E-state index is 10.2. The van der Waals surface area contributed by atoms with E-state index in [9.17, 15) is 9.59 Å². The molecule has 0 saturated carbocycles. The first kappa shape index (κ1) is 9.86. The van der Waals surface area contributed by atoms with Gasteiger partial charge in [0.25, 0.3) is 0 Å². The molecule has 0 aromatic heterocycles. The SMILES string of the molecule is CON[C@@H](CC(=O)O)C(=O)O. The number of rotatable bonds is 5. The summed E-state index contributed by atoms with van der Waals surface area (Å²) in [6.45, 7) is 0. The zero-order valence-electron chi connectivity index (χ0n) is 5.90. The molecule has 64 valence electrons. The first-order chi connectivity index (χ1) is 5.07. The molecule has 0 spiro atoms. The highest BCUT2D eigenvalue weighted by Crippen LogP contribution is 1.91. The summed E-state index contributed by atoms with van der Waals surface area (Å²) in [5.74, 6) is -2.45. The summed E-state index contributed by atoms with van der Waals surface area (Å²) in [6.07, 6.45) is -0.511. The molecule has 0 saturated heterocycles. The van der Waals surface area contributed by atoms with Gasteiger partial charge in [0.2, 0.25) is 0 Å². The van der Waals surface area contributed by atoms with Crippen LogP contribution in [0.5, 0.6) is 0 Å². The predicted molar refractivity (Wildman–Crippen MR) is 33.8 cm³/mol. The largest absolute Gasteiger partial charge is 0.481 e. The Hall–Kier alpha value is -1.14. The summed E-state index contributed by atoms with van der Waals surface area (Å²) in [7, 11) is 1.22. The van der Waals surface area contributed by atoms with Gasteiger partial charge in [-0.1, -0.05) is 0 Å². The van der Waals surface area contributed by atoms with Gasteiger partial charge in [0, 0.05) is 0 Å². The zero-order valence-corrected chi connectivity index (χ0v) is 5.90. The molecule has 0 bridgehead atoms. The Morgan fingerprint density at radius 3 is 2.36 bits per heavy atom. The van der Waals surface area contributed by atoms with Crippen molar-refractivity contribution in [1.29, 1.82) is 0 Å². The molecule has 0 aliphatic heterocycles. The molecule has 0 unspecified atom stereocenters. The second kappa shape index (κ2) is 4.64. The monoisotopic (exact) mass is 163 g/mol. The van der Waals surface area contributed by atoms with Crippen LogP contribution in [0, 0.1) is 0 Å². The summed E-state index contributed by atoms with van der Waals surface area (Å²) < 4.78 is 0. The molecule has 6 nitrogen and oxygen atoms in total. The van der Waals surface area contributed by atoms with E-state index in [2.05, 4.69) is 4.84 Å². The highest BCUT2D eigenvalue weighted by Gasteiger charge is 2.19. The minimum absolute atomic E-state index is 0.511. The first-order valence-corrected chi connectivity index (χ1v) is 2.81. The Morgan fingerprint density at radius 1 is 1.55 bits per heavy atom. The topological polar surface area (TPSA) is 95.9 Å². The van der Waals surface area contributed by atoms with E-state index in [1.165, 1.54) is 7.11 Å². The third-order valence-electron chi connectivity index (χ3n) is 0.937. The van der Waals surface area contributed by atoms with Crippen LogP contribution in [0.15, 0.2) is 0 Å². The predicted octanol–water partition coefficient (Wildman–Crippen LogP) is -0.935. The molecule has 0 fully saturated rings. The van der Waals surface area contributed by atoms with Crippen molar-refractivity contribution in [3.05, 3.63) is 0 Å². The molecule has 0 aliphatic carbocycles. The molecule has 0 aliphatic rings. The number of nitrogens with one attached hydrogen (secondary N) is 1. The third-order valence-corrected chi connectivity index (χ3v) is 0.937. The van der Waals surface area contributed by atoms with E-state index in [1.54, 1.807) is 0 Å².